The number of phenolic OH excluding ortho intramolecular Hbond substituents is 1. The first kappa shape index (κ1) is 20.1. The van der Waals surface area contributed by atoms with E-state index in [4.69, 9.17) is 11.6 Å². The van der Waals surface area contributed by atoms with Gasteiger partial charge >= 0.3 is 0 Å². The van der Waals surface area contributed by atoms with E-state index in [-0.39, 0.29) is 27.9 Å². The minimum Gasteiger partial charge on any atom is -0.507 e. The molecule has 0 spiro atoms. The summed E-state index contributed by atoms with van der Waals surface area (Å²) in [5.41, 5.74) is 0.428. The number of nitrogens with zero attached hydrogens (tertiary/aromatic N) is 3. The summed E-state index contributed by atoms with van der Waals surface area (Å²) < 4.78 is 0.763. The summed E-state index contributed by atoms with van der Waals surface area (Å²) >= 11 is 10.3. The quantitative estimate of drug-likeness (QED) is 0.271. The van der Waals surface area contributed by atoms with Crippen LogP contribution in [0.5, 0.6) is 5.75 Å². The van der Waals surface area contributed by atoms with Crippen molar-refractivity contribution in [3.63, 3.8) is 0 Å². The van der Waals surface area contributed by atoms with E-state index in [0.717, 1.165) is 16.2 Å². The number of nitrogens with one attached hydrogen (secondary N) is 2. The van der Waals surface area contributed by atoms with Gasteiger partial charge in [0.15, 0.2) is 5.82 Å². The lowest BCUT2D eigenvalue weighted by molar-refractivity contribution is -0.384. The van der Waals surface area contributed by atoms with Gasteiger partial charge < -0.3 is 10.4 Å². The largest absolute Gasteiger partial charge is 0.507 e. The predicted octanol–water partition coefficient (Wildman–Crippen LogP) is 4.23. The molecule has 0 aliphatic heterocycles. The summed E-state index contributed by atoms with van der Waals surface area (Å²) in [5, 5.41) is 30.5. The second-order valence-corrected chi connectivity index (χ2v) is 7.65. The van der Waals surface area contributed by atoms with Crippen LogP contribution in [0, 0.1) is 10.1 Å². The Bertz CT molecular complexity index is 1060. The standard InChI is InChI=1S/C16H11BrClN5O4S/c17-8-1-4-13(24)10(5-8)15-20-16(22-21-15)28-7-14(25)19-12-6-9(23(26)27)2-3-11(12)18/h1-6,24H,7H2,(H,19,25)(H,20,21,22). The monoisotopic (exact) mass is 483 g/mol. The number of hydrogen-bond donors (Lipinski definition) is 3. The SMILES string of the molecule is O=C(CSc1n[nH]c(-c2cc(Br)ccc2O)n1)Nc1cc([N+](=O)[O-])ccc1Cl. The summed E-state index contributed by atoms with van der Waals surface area (Å²) in [6.45, 7) is 0. The summed E-state index contributed by atoms with van der Waals surface area (Å²) in [6, 6.07) is 8.67. The maximum absolute atomic E-state index is 12.1. The van der Waals surface area contributed by atoms with Gasteiger partial charge in [0.1, 0.15) is 5.75 Å². The second kappa shape index (κ2) is 8.59. The van der Waals surface area contributed by atoms with Crippen LogP contribution in [0.15, 0.2) is 46.0 Å². The fourth-order valence-corrected chi connectivity index (χ4v) is 3.29. The lowest BCUT2D eigenvalue weighted by Gasteiger charge is -2.06. The molecule has 12 heteroatoms. The number of aromatic hydroxyl groups is 1. The van der Waals surface area contributed by atoms with Gasteiger partial charge in [0.2, 0.25) is 11.1 Å². The zero-order chi connectivity index (χ0) is 20.3. The highest BCUT2D eigenvalue weighted by atomic mass is 79.9. The Morgan fingerprint density at radius 1 is 1.36 bits per heavy atom. The molecule has 0 fully saturated rings. The van der Waals surface area contributed by atoms with Crippen LogP contribution in [0.3, 0.4) is 0 Å². The third kappa shape index (κ3) is 4.80. The van der Waals surface area contributed by atoms with Gasteiger partial charge in [-0.25, -0.2) is 4.98 Å². The minimum absolute atomic E-state index is 0.0361. The highest BCUT2D eigenvalue weighted by Gasteiger charge is 2.15. The lowest BCUT2D eigenvalue weighted by Crippen LogP contribution is -2.14. The van der Waals surface area contributed by atoms with Crippen LogP contribution in [0.4, 0.5) is 11.4 Å². The van der Waals surface area contributed by atoms with E-state index >= 15 is 0 Å². The molecule has 28 heavy (non-hydrogen) atoms. The second-order valence-electron chi connectivity index (χ2n) is 5.39. The van der Waals surface area contributed by atoms with Crippen molar-refractivity contribution in [2.75, 3.05) is 11.1 Å². The molecule has 3 N–H and O–H groups in total. The van der Waals surface area contributed by atoms with Crippen molar-refractivity contribution in [2.45, 2.75) is 5.16 Å². The Labute approximate surface area is 175 Å². The van der Waals surface area contributed by atoms with E-state index in [1.54, 1.807) is 12.1 Å². The number of phenols is 1. The van der Waals surface area contributed by atoms with Gasteiger partial charge in [-0.05, 0) is 24.3 Å². The molecule has 144 valence electrons. The number of amides is 1. The van der Waals surface area contributed by atoms with Gasteiger partial charge in [-0.1, -0.05) is 39.3 Å². The zero-order valence-corrected chi connectivity index (χ0v) is 17.0. The number of nitro groups is 1. The molecule has 3 aromatic rings. The number of rotatable bonds is 6. The van der Waals surface area contributed by atoms with Crippen molar-refractivity contribution < 1.29 is 14.8 Å². The van der Waals surface area contributed by atoms with Gasteiger partial charge in [-0.15, -0.1) is 5.10 Å². The van der Waals surface area contributed by atoms with Crippen molar-refractivity contribution in [2.24, 2.45) is 0 Å². The molecule has 0 unspecified atom stereocenters. The average molecular weight is 485 g/mol. The van der Waals surface area contributed by atoms with Crippen molar-refractivity contribution in [3.05, 3.63) is 56.0 Å². The van der Waals surface area contributed by atoms with Crippen LogP contribution in [-0.4, -0.2) is 36.9 Å². The van der Waals surface area contributed by atoms with E-state index in [1.165, 1.54) is 24.3 Å². The molecule has 1 amide bonds. The van der Waals surface area contributed by atoms with Gasteiger partial charge in [0, 0.05) is 16.6 Å². The molecular formula is C16H11BrClN5O4S. The molecule has 9 nitrogen and oxygen atoms in total. The van der Waals surface area contributed by atoms with Gasteiger partial charge in [-0.3, -0.25) is 20.0 Å². The number of thioether (sulfide) groups is 1. The summed E-state index contributed by atoms with van der Waals surface area (Å²) in [7, 11) is 0. The number of halogens is 2. The summed E-state index contributed by atoms with van der Waals surface area (Å²) in [4.78, 5) is 26.6. The van der Waals surface area contributed by atoms with Crippen molar-refractivity contribution in [1.82, 2.24) is 15.2 Å². The van der Waals surface area contributed by atoms with Crippen LogP contribution >= 0.6 is 39.3 Å². The Kier molecular flexibility index (Phi) is 6.17. The third-order valence-corrected chi connectivity index (χ3v) is 5.12. The molecule has 3 rings (SSSR count). The average Bonchev–Trinajstić information content (AvgIpc) is 3.12. The van der Waals surface area contributed by atoms with Gasteiger partial charge in [0.05, 0.1) is 26.9 Å². The number of nitro benzene ring substituents is 1. The van der Waals surface area contributed by atoms with Crippen LogP contribution in [0.1, 0.15) is 0 Å². The Morgan fingerprint density at radius 3 is 2.89 bits per heavy atom. The highest BCUT2D eigenvalue weighted by molar-refractivity contribution is 9.10. The topological polar surface area (TPSA) is 134 Å². The van der Waals surface area contributed by atoms with Crippen molar-refractivity contribution in [3.8, 4) is 17.1 Å². The maximum Gasteiger partial charge on any atom is 0.271 e. The Hall–Kier alpha value is -2.63. The predicted molar refractivity (Wildman–Crippen MR) is 109 cm³/mol. The van der Waals surface area contributed by atoms with E-state index in [1.807, 2.05) is 0 Å². The Morgan fingerprint density at radius 2 is 2.14 bits per heavy atom. The smallest absolute Gasteiger partial charge is 0.271 e. The molecule has 0 bridgehead atoms. The zero-order valence-electron chi connectivity index (χ0n) is 13.8. The molecule has 0 atom stereocenters. The molecule has 0 aliphatic carbocycles. The first-order valence-corrected chi connectivity index (χ1v) is 9.77. The molecule has 1 aromatic heterocycles. The number of aromatic amines is 1. The molecule has 0 saturated carbocycles. The molecule has 2 aromatic carbocycles. The van der Waals surface area contributed by atoms with Gasteiger partial charge in [-0.2, -0.15) is 0 Å². The Balaban J connectivity index is 1.64. The lowest BCUT2D eigenvalue weighted by atomic mass is 10.2. The number of non-ortho nitro benzene ring substituents is 1. The molecule has 0 aliphatic rings. The van der Waals surface area contributed by atoms with Crippen LogP contribution in [-0.2, 0) is 4.79 Å². The first-order valence-electron chi connectivity index (χ1n) is 7.61. The fraction of sp³-hybridized carbons (Fsp3) is 0.0625. The van der Waals surface area contributed by atoms with E-state index in [2.05, 4.69) is 36.4 Å². The molecular weight excluding hydrogens is 474 g/mol. The molecule has 1 heterocycles. The van der Waals surface area contributed by atoms with Crippen molar-refractivity contribution >= 4 is 56.6 Å². The number of carbonyl (C=O) groups is 1. The number of aromatic nitrogens is 3. The van der Waals surface area contributed by atoms with E-state index in [0.29, 0.717) is 16.5 Å². The van der Waals surface area contributed by atoms with Crippen LogP contribution in [0.25, 0.3) is 11.4 Å². The molecule has 0 radical (unpaired) electrons. The maximum atomic E-state index is 12.1. The van der Waals surface area contributed by atoms with Gasteiger partial charge in [0.25, 0.3) is 5.69 Å². The number of H-pyrrole nitrogens is 1. The van der Waals surface area contributed by atoms with E-state index < -0.39 is 10.8 Å². The fourth-order valence-electron chi connectivity index (χ4n) is 2.17. The third-order valence-electron chi connectivity index (χ3n) is 3.45. The van der Waals surface area contributed by atoms with Crippen LogP contribution in [0.2, 0.25) is 5.02 Å². The van der Waals surface area contributed by atoms with E-state index in [9.17, 15) is 20.0 Å². The highest BCUT2D eigenvalue weighted by Crippen LogP contribution is 2.31. The normalized spacial score (nSPS) is 10.6. The number of benzene rings is 2. The minimum atomic E-state index is -0.576. The van der Waals surface area contributed by atoms with Crippen LogP contribution < -0.4 is 5.32 Å². The number of hydrogen-bond acceptors (Lipinski definition) is 7. The summed E-state index contributed by atoms with van der Waals surface area (Å²) in [6.07, 6.45) is 0. The summed E-state index contributed by atoms with van der Waals surface area (Å²) in [5.74, 6) is -0.0812. The number of anilines is 1. The first-order chi connectivity index (χ1) is 13.3. The molecule has 0 saturated heterocycles. The number of carbonyl (C=O) groups excluding carboxylic acids is 1. The van der Waals surface area contributed by atoms with Crippen molar-refractivity contribution in [1.29, 1.82) is 0 Å².